The fraction of sp³-hybridized carbons (Fsp3) is 0.889. The molecule has 0 heteroatoms. The van der Waals surface area contributed by atoms with Crippen LogP contribution in [0.3, 0.4) is 0 Å². The van der Waals surface area contributed by atoms with Crippen molar-refractivity contribution in [1.29, 1.82) is 0 Å². The van der Waals surface area contributed by atoms with Crippen LogP contribution in [0.15, 0.2) is 0 Å². The Hall–Kier alpha value is 0. The van der Waals surface area contributed by atoms with Crippen LogP contribution >= 0.6 is 0 Å². The van der Waals surface area contributed by atoms with E-state index in [4.69, 9.17) is 0 Å². The average Bonchev–Trinajstić information content (AvgIpc) is 2.32. The van der Waals surface area contributed by atoms with E-state index in [9.17, 15) is 0 Å². The Morgan fingerprint density at radius 3 is 2.11 bits per heavy atom. The molecule has 2 spiro atoms. The predicted molar refractivity (Wildman–Crippen MR) is 36.9 cm³/mol. The van der Waals surface area contributed by atoms with Crippen LogP contribution in [0.25, 0.3) is 0 Å². The first kappa shape index (κ1) is 4.76. The third-order valence-electron chi connectivity index (χ3n) is 3.65. The van der Waals surface area contributed by atoms with E-state index in [0.717, 1.165) is 10.8 Å². The van der Waals surface area contributed by atoms with Gasteiger partial charge in [0.2, 0.25) is 0 Å². The largest absolute Gasteiger partial charge is 0.0522 e. The van der Waals surface area contributed by atoms with Gasteiger partial charge in [0.15, 0.2) is 0 Å². The smallest absolute Gasteiger partial charge is 0.0253 e. The van der Waals surface area contributed by atoms with Gasteiger partial charge in [-0.15, -0.1) is 0 Å². The van der Waals surface area contributed by atoms with Crippen molar-refractivity contribution in [3.8, 4) is 0 Å². The molecule has 3 rings (SSSR count). The van der Waals surface area contributed by atoms with E-state index < -0.39 is 0 Å². The van der Waals surface area contributed by atoms with Gasteiger partial charge in [-0.2, -0.15) is 0 Å². The van der Waals surface area contributed by atoms with Crippen molar-refractivity contribution in [2.24, 2.45) is 10.8 Å². The topological polar surface area (TPSA) is 0 Å². The summed E-state index contributed by atoms with van der Waals surface area (Å²) < 4.78 is 0. The van der Waals surface area contributed by atoms with Gasteiger partial charge in [0.25, 0.3) is 0 Å². The van der Waals surface area contributed by atoms with Crippen LogP contribution in [0.4, 0.5) is 0 Å². The molecule has 0 aromatic carbocycles. The minimum absolute atomic E-state index is 0.834. The Morgan fingerprint density at radius 2 is 1.78 bits per heavy atom. The molecule has 0 aromatic rings. The van der Waals surface area contributed by atoms with Crippen LogP contribution < -0.4 is 0 Å². The molecule has 0 N–H and O–H groups in total. The monoisotopic (exact) mass is 121 g/mol. The lowest BCUT2D eigenvalue weighted by Gasteiger charge is -2.55. The second kappa shape index (κ2) is 1.09. The molecular formula is C9H13. The first-order valence-electron chi connectivity index (χ1n) is 4.17. The van der Waals surface area contributed by atoms with Gasteiger partial charge >= 0.3 is 0 Å². The van der Waals surface area contributed by atoms with Crippen molar-refractivity contribution < 1.29 is 0 Å². The molecular weight excluding hydrogens is 108 g/mol. The average molecular weight is 121 g/mol. The van der Waals surface area contributed by atoms with Crippen molar-refractivity contribution in [2.45, 2.75) is 38.5 Å². The van der Waals surface area contributed by atoms with Crippen molar-refractivity contribution in [3.63, 3.8) is 0 Å². The molecule has 49 valence electrons. The van der Waals surface area contributed by atoms with Gasteiger partial charge < -0.3 is 0 Å². The van der Waals surface area contributed by atoms with Gasteiger partial charge in [-0.3, -0.25) is 0 Å². The molecule has 3 aliphatic carbocycles. The minimum atomic E-state index is 0.834. The van der Waals surface area contributed by atoms with Gasteiger partial charge in [0.1, 0.15) is 0 Å². The fourth-order valence-electron chi connectivity index (χ4n) is 2.91. The molecule has 0 aromatic heterocycles. The maximum Gasteiger partial charge on any atom is -0.0253 e. The second-order valence-electron chi connectivity index (χ2n) is 4.48. The fourth-order valence-corrected chi connectivity index (χ4v) is 2.91. The predicted octanol–water partition coefficient (Wildman–Crippen LogP) is 2.54. The highest BCUT2D eigenvalue weighted by molar-refractivity contribution is 5.22. The van der Waals surface area contributed by atoms with E-state index in [1.54, 1.807) is 25.7 Å². The molecule has 0 saturated heterocycles. The van der Waals surface area contributed by atoms with E-state index in [0.29, 0.717) is 0 Å². The van der Waals surface area contributed by atoms with E-state index in [1.165, 1.54) is 12.8 Å². The van der Waals surface area contributed by atoms with Crippen molar-refractivity contribution in [2.75, 3.05) is 0 Å². The van der Waals surface area contributed by atoms with E-state index in [1.807, 2.05) is 0 Å². The van der Waals surface area contributed by atoms with Crippen LogP contribution in [0, 0.1) is 17.3 Å². The molecule has 0 amide bonds. The highest BCUT2D eigenvalue weighted by Gasteiger charge is 2.62. The van der Waals surface area contributed by atoms with Crippen LogP contribution in [-0.4, -0.2) is 0 Å². The molecule has 3 aliphatic rings. The minimum Gasteiger partial charge on any atom is -0.0522 e. The second-order valence-corrected chi connectivity index (χ2v) is 4.48. The van der Waals surface area contributed by atoms with Crippen LogP contribution in [-0.2, 0) is 0 Å². The zero-order valence-electron chi connectivity index (χ0n) is 5.82. The Kier molecular flexibility index (Phi) is 0.574. The standard InChI is InChI=1S/C9H13/c1-2-8(3-1)6-9(7-8)4-5-9/h4H,1-3,5-7H2. The number of hydrogen-bond acceptors (Lipinski definition) is 0. The van der Waals surface area contributed by atoms with E-state index in [2.05, 4.69) is 6.42 Å². The van der Waals surface area contributed by atoms with Crippen molar-refractivity contribution in [1.82, 2.24) is 0 Å². The first-order valence-corrected chi connectivity index (χ1v) is 4.17. The Balaban J connectivity index is 1.75. The van der Waals surface area contributed by atoms with E-state index >= 15 is 0 Å². The Labute approximate surface area is 56.6 Å². The summed E-state index contributed by atoms with van der Waals surface area (Å²) >= 11 is 0. The molecule has 3 fully saturated rings. The number of rotatable bonds is 0. The lowest BCUT2D eigenvalue weighted by atomic mass is 9.50. The zero-order valence-corrected chi connectivity index (χ0v) is 5.82. The van der Waals surface area contributed by atoms with Crippen molar-refractivity contribution >= 4 is 0 Å². The summed E-state index contributed by atoms with van der Waals surface area (Å²) in [5.41, 5.74) is 1.74. The summed E-state index contributed by atoms with van der Waals surface area (Å²) in [7, 11) is 0. The SMILES string of the molecule is [CH]1CC12CC1(CCC1)C2. The van der Waals surface area contributed by atoms with E-state index in [-0.39, 0.29) is 0 Å². The van der Waals surface area contributed by atoms with Gasteiger partial charge in [0, 0.05) is 0 Å². The lowest BCUT2D eigenvalue weighted by molar-refractivity contribution is -0.0330. The van der Waals surface area contributed by atoms with Crippen LogP contribution in [0.1, 0.15) is 38.5 Å². The summed E-state index contributed by atoms with van der Waals surface area (Å²) in [6, 6.07) is 0. The maximum atomic E-state index is 2.52. The quantitative estimate of drug-likeness (QED) is 0.462. The Bertz CT molecular complexity index is 139. The molecule has 0 nitrogen and oxygen atoms in total. The zero-order chi connectivity index (χ0) is 5.95. The van der Waals surface area contributed by atoms with Crippen LogP contribution in [0.2, 0.25) is 0 Å². The molecule has 9 heavy (non-hydrogen) atoms. The van der Waals surface area contributed by atoms with Crippen LogP contribution in [0.5, 0.6) is 0 Å². The summed E-state index contributed by atoms with van der Waals surface area (Å²) in [4.78, 5) is 0. The summed E-state index contributed by atoms with van der Waals surface area (Å²) in [6.45, 7) is 0. The molecule has 1 radical (unpaired) electrons. The molecule has 0 bridgehead atoms. The molecule has 0 heterocycles. The van der Waals surface area contributed by atoms with Gasteiger partial charge in [0.05, 0.1) is 0 Å². The number of hydrogen-bond donors (Lipinski definition) is 0. The first-order chi connectivity index (χ1) is 4.33. The van der Waals surface area contributed by atoms with Gasteiger partial charge in [-0.05, 0) is 49.4 Å². The Morgan fingerprint density at radius 1 is 1.11 bits per heavy atom. The third-order valence-corrected chi connectivity index (χ3v) is 3.65. The molecule has 0 unspecified atom stereocenters. The normalized spacial score (nSPS) is 40.0. The molecule has 0 atom stereocenters. The lowest BCUT2D eigenvalue weighted by Crippen LogP contribution is -2.43. The highest BCUT2D eigenvalue weighted by Crippen LogP contribution is 2.73. The summed E-state index contributed by atoms with van der Waals surface area (Å²) in [6.07, 6.45) is 11.8. The summed E-state index contributed by atoms with van der Waals surface area (Å²) in [5.74, 6) is 0. The maximum absolute atomic E-state index is 2.52. The summed E-state index contributed by atoms with van der Waals surface area (Å²) in [5, 5.41) is 0. The molecule has 0 aliphatic heterocycles. The molecule has 3 saturated carbocycles. The highest BCUT2D eigenvalue weighted by atomic mass is 14.7. The van der Waals surface area contributed by atoms with Crippen molar-refractivity contribution in [3.05, 3.63) is 6.42 Å². The third kappa shape index (κ3) is 0.461. The van der Waals surface area contributed by atoms with Gasteiger partial charge in [-0.25, -0.2) is 0 Å². The van der Waals surface area contributed by atoms with Gasteiger partial charge in [-0.1, -0.05) is 6.42 Å².